The molecule has 0 aliphatic carbocycles. The van der Waals surface area contributed by atoms with Crippen LogP contribution in [0.1, 0.15) is 24.0 Å². The molecule has 0 aromatic heterocycles. The molecule has 8 heteroatoms. The number of nitrogens with zero attached hydrogens (tertiary/aromatic N) is 2. The number of benzene rings is 2. The molecule has 178 valence electrons. The number of carbonyl (C=O) groups excluding carboxylic acids is 1. The molecule has 2 heterocycles. The van der Waals surface area contributed by atoms with Crippen molar-refractivity contribution in [3.8, 4) is 5.75 Å². The summed E-state index contributed by atoms with van der Waals surface area (Å²) in [4.78, 5) is 16.1. The lowest BCUT2D eigenvalue weighted by Gasteiger charge is -2.36. The summed E-state index contributed by atoms with van der Waals surface area (Å²) in [5, 5.41) is 0. The summed E-state index contributed by atoms with van der Waals surface area (Å²) in [6, 6.07) is 12.3. The maximum Gasteiger partial charge on any atom is 0.324 e. The normalized spacial score (nSPS) is 18.1. The highest BCUT2D eigenvalue weighted by molar-refractivity contribution is 5.91. The first kappa shape index (κ1) is 23.5. The Kier molecular flexibility index (Phi) is 7.47. The van der Waals surface area contributed by atoms with Crippen LogP contribution in [-0.4, -0.2) is 64.6 Å². The molecule has 0 bridgehead atoms. The molecule has 2 aliphatic heterocycles. The fourth-order valence-electron chi connectivity index (χ4n) is 4.28. The molecule has 2 fully saturated rings. The summed E-state index contributed by atoms with van der Waals surface area (Å²) in [5.74, 6) is 0.0978. The third kappa shape index (κ3) is 5.46. The number of hydrogen-bond acceptors (Lipinski definition) is 5. The van der Waals surface area contributed by atoms with Crippen LogP contribution in [0, 0.1) is 5.82 Å². The van der Waals surface area contributed by atoms with Gasteiger partial charge in [-0.05, 0) is 35.4 Å². The van der Waals surface area contributed by atoms with E-state index in [2.05, 4.69) is 0 Å². The Labute approximate surface area is 194 Å². The van der Waals surface area contributed by atoms with E-state index in [-0.39, 0.29) is 18.5 Å². The topological polar surface area (TPSA) is 60.5 Å². The number of amides is 2. The third-order valence-corrected chi connectivity index (χ3v) is 6.39. The first-order valence-corrected chi connectivity index (χ1v) is 11.3. The zero-order valence-corrected chi connectivity index (χ0v) is 19.2. The van der Waals surface area contributed by atoms with Crippen molar-refractivity contribution < 1.29 is 28.1 Å². The second kappa shape index (κ2) is 10.5. The highest BCUT2D eigenvalue weighted by Crippen LogP contribution is 2.37. The summed E-state index contributed by atoms with van der Waals surface area (Å²) >= 11 is 0. The van der Waals surface area contributed by atoms with Crippen LogP contribution in [0.2, 0.25) is 0 Å². The number of rotatable bonds is 6. The Morgan fingerprint density at radius 3 is 2.39 bits per heavy atom. The minimum atomic E-state index is -0.558. The van der Waals surface area contributed by atoms with E-state index in [1.54, 1.807) is 24.0 Å². The zero-order chi connectivity index (χ0) is 23.3. The van der Waals surface area contributed by atoms with Gasteiger partial charge in [0.25, 0.3) is 0 Å². The number of carbonyl (C=O) groups is 1. The molecule has 2 aromatic rings. The smallest absolute Gasteiger partial charge is 0.324 e. The fraction of sp³-hybridized carbons (Fsp3) is 0.480. The monoisotopic (exact) mass is 458 g/mol. The minimum Gasteiger partial charge on any atom is -0.489 e. The van der Waals surface area contributed by atoms with Crippen LogP contribution in [0.3, 0.4) is 0 Å². The van der Waals surface area contributed by atoms with Crippen LogP contribution in [0.25, 0.3) is 0 Å². The Bertz CT molecular complexity index is 940. The number of halogens is 1. The Morgan fingerprint density at radius 2 is 1.73 bits per heavy atom. The maximum absolute atomic E-state index is 14.4. The van der Waals surface area contributed by atoms with Crippen molar-refractivity contribution in [2.75, 3.05) is 58.6 Å². The number of morpholine rings is 1. The number of hydrogen-bond donors (Lipinski definition) is 0. The van der Waals surface area contributed by atoms with Crippen molar-refractivity contribution in [1.29, 1.82) is 0 Å². The van der Waals surface area contributed by atoms with E-state index in [9.17, 15) is 9.18 Å². The molecule has 2 aliphatic rings. The predicted molar refractivity (Wildman–Crippen MR) is 122 cm³/mol. The van der Waals surface area contributed by atoms with Gasteiger partial charge in [-0.1, -0.05) is 12.1 Å². The van der Waals surface area contributed by atoms with Crippen molar-refractivity contribution in [3.63, 3.8) is 0 Å². The van der Waals surface area contributed by atoms with Gasteiger partial charge < -0.3 is 23.8 Å². The average Bonchev–Trinajstić information content (AvgIpc) is 2.87. The predicted octanol–water partition coefficient (Wildman–Crippen LogP) is 3.95. The van der Waals surface area contributed by atoms with E-state index in [4.69, 9.17) is 18.9 Å². The standard InChI is InChI=1S/C25H31FN2O5/c1-27(24(29)28-9-13-32-14-10-28)22-5-3-19(4-6-22)18-33-23-16-20(15-21(26)17-23)25(30-2)7-11-31-12-8-25/h3-6,15-17H,7-14,18H2,1-2H3. The number of ether oxygens (including phenoxy) is 4. The van der Waals surface area contributed by atoms with Crippen LogP contribution in [0.15, 0.2) is 42.5 Å². The van der Waals surface area contributed by atoms with Gasteiger partial charge in [-0.2, -0.15) is 0 Å². The van der Waals surface area contributed by atoms with E-state index in [0.29, 0.717) is 58.1 Å². The summed E-state index contributed by atoms with van der Waals surface area (Å²) in [6.45, 7) is 3.77. The maximum atomic E-state index is 14.4. The first-order valence-electron chi connectivity index (χ1n) is 11.3. The summed E-state index contributed by atoms with van der Waals surface area (Å²) in [5.41, 5.74) is 1.92. The highest BCUT2D eigenvalue weighted by Gasteiger charge is 2.35. The van der Waals surface area contributed by atoms with Crippen LogP contribution in [-0.2, 0) is 26.4 Å². The lowest BCUT2D eigenvalue weighted by Crippen LogP contribution is -2.47. The van der Waals surface area contributed by atoms with Gasteiger partial charge in [-0.3, -0.25) is 4.90 Å². The molecule has 0 radical (unpaired) electrons. The van der Waals surface area contributed by atoms with E-state index >= 15 is 0 Å². The van der Waals surface area contributed by atoms with Gasteiger partial charge in [0.05, 0.1) is 18.8 Å². The average molecular weight is 459 g/mol. The third-order valence-electron chi connectivity index (χ3n) is 6.39. The molecule has 0 saturated carbocycles. The molecule has 0 spiro atoms. The van der Waals surface area contributed by atoms with Crippen molar-refractivity contribution >= 4 is 11.7 Å². The van der Waals surface area contributed by atoms with Gasteiger partial charge in [0.1, 0.15) is 18.2 Å². The molecule has 2 saturated heterocycles. The van der Waals surface area contributed by atoms with Crippen molar-refractivity contribution in [2.24, 2.45) is 0 Å². The zero-order valence-electron chi connectivity index (χ0n) is 19.2. The fourth-order valence-corrected chi connectivity index (χ4v) is 4.28. The molecule has 0 atom stereocenters. The van der Waals surface area contributed by atoms with E-state index in [1.807, 2.05) is 30.3 Å². The summed E-state index contributed by atoms with van der Waals surface area (Å²) in [6.07, 6.45) is 1.34. The van der Waals surface area contributed by atoms with Crippen molar-refractivity contribution in [2.45, 2.75) is 25.0 Å². The molecule has 2 aromatic carbocycles. The van der Waals surface area contributed by atoms with E-state index in [0.717, 1.165) is 16.8 Å². The van der Waals surface area contributed by atoms with Gasteiger partial charge in [-0.15, -0.1) is 0 Å². The second-order valence-electron chi connectivity index (χ2n) is 8.38. The highest BCUT2D eigenvalue weighted by atomic mass is 19.1. The molecule has 0 N–H and O–H groups in total. The largest absolute Gasteiger partial charge is 0.489 e. The van der Waals surface area contributed by atoms with Crippen LogP contribution < -0.4 is 9.64 Å². The Balaban J connectivity index is 1.40. The summed E-state index contributed by atoms with van der Waals surface area (Å²) in [7, 11) is 3.42. The molecule has 2 amide bonds. The number of anilines is 1. The lowest BCUT2D eigenvalue weighted by atomic mass is 9.86. The van der Waals surface area contributed by atoms with Gasteiger partial charge in [-0.25, -0.2) is 9.18 Å². The van der Waals surface area contributed by atoms with E-state index < -0.39 is 5.60 Å². The van der Waals surface area contributed by atoms with Gasteiger partial charge in [0, 0.05) is 65.1 Å². The first-order chi connectivity index (χ1) is 16.0. The van der Waals surface area contributed by atoms with Gasteiger partial charge in [0.15, 0.2) is 0 Å². The Hall–Kier alpha value is -2.68. The molecule has 0 unspecified atom stereocenters. The van der Waals surface area contributed by atoms with Crippen LogP contribution in [0.4, 0.5) is 14.9 Å². The lowest BCUT2D eigenvalue weighted by molar-refractivity contribution is -0.0950. The quantitative estimate of drug-likeness (QED) is 0.656. The van der Waals surface area contributed by atoms with Crippen molar-refractivity contribution in [3.05, 3.63) is 59.4 Å². The van der Waals surface area contributed by atoms with Crippen molar-refractivity contribution in [1.82, 2.24) is 4.90 Å². The van der Waals surface area contributed by atoms with E-state index in [1.165, 1.54) is 12.1 Å². The van der Waals surface area contributed by atoms with Crippen LogP contribution in [0.5, 0.6) is 5.75 Å². The SMILES string of the molecule is COC1(c2cc(F)cc(OCc3ccc(N(C)C(=O)N4CCOCC4)cc3)c2)CCOCC1. The number of methoxy groups -OCH3 is 1. The number of urea groups is 1. The molecule has 4 rings (SSSR count). The minimum absolute atomic E-state index is 0.0465. The second-order valence-corrected chi connectivity index (χ2v) is 8.38. The molecular formula is C25H31FN2O5. The molecule has 7 nitrogen and oxygen atoms in total. The Morgan fingerprint density at radius 1 is 1.06 bits per heavy atom. The van der Waals surface area contributed by atoms with Gasteiger partial charge in [0.2, 0.25) is 0 Å². The molecule has 33 heavy (non-hydrogen) atoms. The molecular weight excluding hydrogens is 427 g/mol. The van der Waals surface area contributed by atoms with Crippen LogP contribution >= 0.6 is 0 Å². The van der Waals surface area contributed by atoms with Gasteiger partial charge >= 0.3 is 6.03 Å². The summed E-state index contributed by atoms with van der Waals surface area (Å²) < 4.78 is 36.8.